The zero-order valence-electron chi connectivity index (χ0n) is 13.5. The highest BCUT2D eigenvalue weighted by Gasteiger charge is 2.39. The summed E-state index contributed by atoms with van der Waals surface area (Å²) in [5.41, 5.74) is 0.873. The van der Waals surface area contributed by atoms with Crippen LogP contribution in [0.1, 0.15) is 57.6 Å². The van der Waals surface area contributed by atoms with Gasteiger partial charge in [-0.25, -0.2) is 4.79 Å². The first-order chi connectivity index (χ1) is 10.8. The highest BCUT2D eigenvalue weighted by Crippen LogP contribution is 2.33. The molecule has 3 atom stereocenters. The van der Waals surface area contributed by atoms with Gasteiger partial charge in [0.05, 0.1) is 0 Å². The average molecular weight is 302 g/mol. The molecule has 0 amide bonds. The summed E-state index contributed by atoms with van der Waals surface area (Å²) in [5, 5.41) is 0. The SMILES string of the molecule is CC=CCCCCC(CC)C1OC(=O)C(c2ccccc2)O1. The van der Waals surface area contributed by atoms with Crippen molar-refractivity contribution in [3.05, 3.63) is 48.0 Å². The Hall–Kier alpha value is -1.61. The van der Waals surface area contributed by atoms with E-state index in [4.69, 9.17) is 9.47 Å². The van der Waals surface area contributed by atoms with Crippen molar-refractivity contribution in [3.63, 3.8) is 0 Å². The molecule has 0 spiro atoms. The zero-order valence-corrected chi connectivity index (χ0v) is 13.5. The molecule has 0 bridgehead atoms. The van der Waals surface area contributed by atoms with Gasteiger partial charge in [0.15, 0.2) is 6.10 Å². The van der Waals surface area contributed by atoms with Gasteiger partial charge in [0.1, 0.15) is 0 Å². The molecule has 0 aliphatic carbocycles. The van der Waals surface area contributed by atoms with Gasteiger partial charge in [-0.3, -0.25) is 0 Å². The number of esters is 1. The maximum absolute atomic E-state index is 12.1. The van der Waals surface area contributed by atoms with Gasteiger partial charge in [0.25, 0.3) is 0 Å². The van der Waals surface area contributed by atoms with E-state index in [2.05, 4.69) is 19.1 Å². The summed E-state index contributed by atoms with van der Waals surface area (Å²) >= 11 is 0. The molecule has 1 saturated heterocycles. The summed E-state index contributed by atoms with van der Waals surface area (Å²) in [6.07, 6.45) is 8.73. The first kappa shape index (κ1) is 16.8. The Balaban J connectivity index is 1.87. The number of ether oxygens (including phenoxy) is 2. The average Bonchev–Trinajstić information content (AvgIpc) is 2.93. The van der Waals surface area contributed by atoms with Crippen molar-refractivity contribution in [3.8, 4) is 0 Å². The van der Waals surface area contributed by atoms with Crippen molar-refractivity contribution >= 4 is 5.97 Å². The van der Waals surface area contributed by atoms with Gasteiger partial charge in [-0.2, -0.15) is 0 Å². The van der Waals surface area contributed by atoms with Gasteiger partial charge in [-0.15, -0.1) is 0 Å². The molecule has 3 heteroatoms. The highest BCUT2D eigenvalue weighted by molar-refractivity contribution is 5.78. The molecule has 1 aromatic carbocycles. The molecule has 1 fully saturated rings. The summed E-state index contributed by atoms with van der Waals surface area (Å²) in [4.78, 5) is 12.1. The van der Waals surface area contributed by atoms with Crippen molar-refractivity contribution in [1.82, 2.24) is 0 Å². The van der Waals surface area contributed by atoms with Gasteiger partial charge in [-0.1, -0.05) is 55.8 Å². The number of cyclic esters (lactones) is 1. The Bertz CT molecular complexity index is 481. The molecule has 120 valence electrons. The number of rotatable bonds is 8. The Morgan fingerprint density at radius 1 is 1.23 bits per heavy atom. The van der Waals surface area contributed by atoms with Crippen molar-refractivity contribution in [2.45, 2.75) is 58.3 Å². The minimum atomic E-state index is -0.566. The van der Waals surface area contributed by atoms with Gasteiger partial charge >= 0.3 is 5.97 Å². The molecule has 0 radical (unpaired) electrons. The summed E-state index contributed by atoms with van der Waals surface area (Å²) in [5.74, 6) is 0.0202. The van der Waals surface area contributed by atoms with Crippen LogP contribution in [0.4, 0.5) is 0 Å². The van der Waals surface area contributed by atoms with Gasteiger partial charge in [0.2, 0.25) is 6.29 Å². The van der Waals surface area contributed by atoms with Gasteiger partial charge < -0.3 is 9.47 Å². The van der Waals surface area contributed by atoms with E-state index >= 15 is 0 Å². The first-order valence-electron chi connectivity index (χ1n) is 8.28. The minimum absolute atomic E-state index is 0.261. The molecule has 1 aliphatic rings. The van der Waals surface area contributed by atoms with Crippen molar-refractivity contribution in [2.75, 3.05) is 0 Å². The van der Waals surface area contributed by atoms with Crippen molar-refractivity contribution < 1.29 is 14.3 Å². The summed E-state index contributed by atoms with van der Waals surface area (Å²) in [7, 11) is 0. The Labute approximate surface area is 133 Å². The number of unbranched alkanes of at least 4 members (excludes halogenated alkanes) is 2. The van der Waals surface area contributed by atoms with Gasteiger partial charge in [-0.05, 0) is 38.2 Å². The van der Waals surface area contributed by atoms with Crippen LogP contribution in [0.25, 0.3) is 0 Å². The lowest BCUT2D eigenvalue weighted by Gasteiger charge is -2.20. The molecule has 0 N–H and O–H groups in total. The number of hydrogen-bond acceptors (Lipinski definition) is 3. The zero-order chi connectivity index (χ0) is 15.8. The molecule has 1 aliphatic heterocycles. The molecule has 1 aromatic rings. The van der Waals surface area contributed by atoms with E-state index in [-0.39, 0.29) is 11.9 Å². The van der Waals surface area contributed by atoms with Crippen LogP contribution in [0.15, 0.2) is 42.5 Å². The molecule has 3 nitrogen and oxygen atoms in total. The number of carbonyl (C=O) groups excluding carboxylic acids is 1. The van der Waals surface area contributed by atoms with Crippen LogP contribution in [0.2, 0.25) is 0 Å². The van der Waals surface area contributed by atoms with E-state index in [1.807, 2.05) is 37.3 Å². The number of benzene rings is 1. The number of hydrogen-bond donors (Lipinski definition) is 0. The van der Waals surface area contributed by atoms with Crippen LogP contribution < -0.4 is 0 Å². The molecule has 0 aromatic heterocycles. The molecule has 22 heavy (non-hydrogen) atoms. The second-order valence-corrected chi connectivity index (χ2v) is 5.75. The summed E-state index contributed by atoms with van der Waals surface area (Å²) in [6.45, 7) is 4.17. The summed E-state index contributed by atoms with van der Waals surface area (Å²) in [6, 6.07) is 9.58. The van der Waals surface area contributed by atoms with Gasteiger partial charge in [0, 0.05) is 5.92 Å². The maximum atomic E-state index is 12.1. The van der Waals surface area contributed by atoms with Crippen LogP contribution in [0.3, 0.4) is 0 Å². The predicted molar refractivity (Wildman–Crippen MR) is 87.2 cm³/mol. The normalized spacial score (nSPS) is 22.9. The molecular weight excluding hydrogens is 276 g/mol. The third-order valence-corrected chi connectivity index (χ3v) is 4.16. The van der Waals surface area contributed by atoms with E-state index in [9.17, 15) is 4.79 Å². The maximum Gasteiger partial charge on any atom is 0.342 e. The fraction of sp³-hybridized carbons (Fsp3) is 0.526. The highest BCUT2D eigenvalue weighted by atomic mass is 16.8. The molecular formula is C19H26O3. The quantitative estimate of drug-likeness (QED) is 0.393. The monoisotopic (exact) mass is 302 g/mol. The lowest BCUT2D eigenvalue weighted by Crippen LogP contribution is -2.21. The standard InChI is InChI=1S/C19H26O3/c1-3-5-6-7-9-12-15(4-2)19-21-17(18(20)22-19)16-13-10-8-11-14-16/h3,5,8,10-11,13-15,17,19H,4,6-7,9,12H2,1-2H3. The third-order valence-electron chi connectivity index (χ3n) is 4.16. The van der Waals surface area contributed by atoms with Crippen molar-refractivity contribution in [2.24, 2.45) is 5.92 Å². The van der Waals surface area contributed by atoms with E-state index in [0.717, 1.165) is 31.2 Å². The summed E-state index contributed by atoms with van der Waals surface area (Å²) < 4.78 is 11.4. The molecule has 0 saturated carbocycles. The van der Waals surface area contributed by atoms with Crippen LogP contribution in [0.5, 0.6) is 0 Å². The molecule has 2 rings (SSSR count). The van der Waals surface area contributed by atoms with Crippen molar-refractivity contribution in [1.29, 1.82) is 0 Å². The Morgan fingerprint density at radius 3 is 2.68 bits per heavy atom. The minimum Gasteiger partial charge on any atom is -0.433 e. The Kier molecular flexibility index (Phi) is 6.66. The fourth-order valence-electron chi connectivity index (χ4n) is 2.81. The van der Waals surface area contributed by atoms with E-state index in [1.165, 1.54) is 6.42 Å². The molecule has 3 unspecified atom stereocenters. The number of allylic oxidation sites excluding steroid dienone is 2. The largest absolute Gasteiger partial charge is 0.433 e. The van der Waals surface area contributed by atoms with Crippen LogP contribution in [-0.2, 0) is 14.3 Å². The van der Waals surface area contributed by atoms with Crippen LogP contribution in [-0.4, -0.2) is 12.3 Å². The number of carbonyl (C=O) groups is 1. The lowest BCUT2D eigenvalue weighted by molar-refractivity contribution is -0.148. The second kappa shape index (κ2) is 8.74. The van der Waals surface area contributed by atoms with Crippen LogP contribution >= 0.6 is 0 Å². The fourth-order valence-corrected chi connectivity index (χ4v) is 2.81. The first-order valence-corrected chi connectivity index (χ1v) is 8.28. The van der Waals surface area contributed by atoms with E-state index in [1.54, 1.807) is 0 Å². The van der Waals surface area contributed by atoms with Crippen LogP contribution in [0, 0.1) is 5.92 Å². The molecule has 1 heterocycles. The second-order valence-electron chi connectivity index (χ2n) is 5.75. The third kappa shape index (κ3) is 4.44. The smallest absolute Gasteiger partial charge is 0.342 e. The van der Waals surface area contributed by atoms with E-state index < -0.39 is 12.4 Å². The lowest BCUT2D eigenvalue weighted by atomic mass is 9.98. The topological polar surface area (TPSA) is 35.5 Å². The van der Waals surface area contributed by atoms with E-state index in [0.29, 0.717) is 0 Å². The predicted octanol–water partition coefficient (Wildman–Crippen LogP) is 4.79. The Morgan fingerprint density at radius 2 is 2.00 bits per heavy atom.